The lowest BCUT2D eigenvalue weighted by atomic mass is 9.99. The molecule has 0 unspecified atom stereocenters. The van der Waals surface area contributed by atoms with Crippen LogP contribution >= 0.6 is 11.6 Å². The van der Waals surface area contributed by atoms with Crippen molar-refractivity contribution in [2.75, 3.05) is 13.2 Å². The number of carboxylic acid groups (broad SMARTS) is 2. The largest absolute Gasteiger partial charge is 0.481 e. The van der Waals surface area contributed by atoms with E-state index in [9.17, 15) is 14.4 Å². The Kier molecular flexibility index (Phi) is 7.98. The fourth-order valence-electron chi connectivity index (χ4n) is 2.67. The molecule has 0 saturated heterocycles. The van der Waals surface area contributed by atoms with Crippen LogP contribution in [0.1, 0.15) is 12.0 Å². The van der Waals surface area contributed by atoms with Gasteiger partial charge in [-0.2, -0.15) is 0 Å². The van der Waals surface area contributed by atoms with Crippen LogP contribution in [0.25, 0.3) is 11.1 Å². The Morgan fingerprint density at radius 3 is 2.29 bits per heavy atom. The minimum atomic E-state index is -1.19. The molecule has 0 aromatic heterocycles. The van der Waals surface area contributed by atoms with Crippen LogP contribution in [0.2, 0.25) is 5.02 Å². The van der Waals surface area contributed by atoms with E-state index in [0.29, 0.717) is 11.4 Å². The Morgan fingerprint density at radius 2 is 1.68 bits per heavy atom. The van der Waals surface area contributed by atoms with E-state index in [-0.39, 0.29) is 6.42 Å². The molecular weight excluding hydrogens is 386 g/mol. The summed E-state index contributed by atoms with van der Waals surface area (Å²) in [6.45, 7) is -1.04. The molecule has 0 radical (unpaired) electrons. The molecule has 0 saturated carbocycles. The second-order valence-corrected chi connectivity index (χ2v) is 6.60. The Bertz CT molecular complexity index is 837. The number of carbonyl (C=O) groups is 3. The van der Waals surface area contributed by atoms with Gasteiger partial charge in [0.1, 0.15) is 13.2 Å². The zero-order chi connectivity index (χ0) is 20.5. The van der Waals surface area contributed by atoms with Crippen LogP contribution in [0.4, 0.5) is 0 Å². The van der Waals surface area contributed by atoms with E-state index in [0.717, 1.165) is 16.7 Å². The molecular formula is C20H20ClNO6. The van der Waals surface area contributed by atoms with Crippen LogP contribution in [0, 0.1) is 0 Å². The Hall–Kier alpha value is -2.90. The number of aliphatic carboxylic acids is 2. The number of ether oxygens (including phenoxy) is 1. The number of amides is 1. The Labute approximate surface area is 166 Å². The van der Waals surface area contributed by atoms with Crippen molar-refractivity contribution in [2.45, 2.75) is 18.9 Å². The van der Waals surface area contributed by atoms with Gasteiger partial charge in [-0.25, -0.2) is 4.79 Å². The molecule has 1 amide bonds. The Morgan fingerprint density at radius 1 is 0.964 bits per heavy atom. The summed E-state index contributed by atoms with van der Waals surface area (Å²) in [5, 5.41) is 20.8. The summed E-state index contributed by atoms with van der Waals surface area (Å²) in [4.78, 5) is 33.3. The number of rotatable bonds is 10. The topological polar surface area (TPSA) is 113 Å². The highest BCUT2D eigenvalue weighted by Gasteiger charge is 2.17. The zero-order valence-corrected chi connectivity index (χ0v) is 15.7. The van der Waals surface area contributed by atoms with Gasteiger partial charge in [0.15, 0.2) is 0 Å². The fraction of sp³-hybridized carbons (Fsp3) is 0.250. The van der Waals surface area contributed by atoms with Crippen LogP contribution in [0.3, 0.4) is 0 Å². The van der Waals surface area contributed by atoms with E-state index in [4.69, 9.17) is 26.6 Å². The van der Waals surface area contributed by atoms with Crippen molar-refractivity contribution in [2.24, 2.45) is 0 Å². The SMILES string of the molecule is O=C(O)COCC(=O)N[C@@H](CC(=O)O)Cc1ccc(-c2cccc(Cl)c2)cc1. The average molecular weight is 406 g/mol. The molecule has 1 atom stereocenters. The number of halogens is 1. The van der Waals surface area contributed by atoms with Gasteiger partial charge >= 0.3 is 11.9 Å². The average Bonchev–Trinajstić information content (AvgIpc) is 2.61. The van der Waals surface area contributed by atoms with E-state index in [2.05, 4.69) is 5.32 Å². The van der Waals surface area contributed by atoms with E-state index < -0.39 is 37.1 Å². The molecule has 148 valence electrons. The molecule has 0 aliphatic rings. The zero-order valence-electron chi connectivity index (χ0n) is 14.9. The third-order valence-corrected chi connectivity index (χ3v) is 4.07. The van der Waals surface area contributed by atoms with Gasteiger partial charge in [-0.1, -0.05) is 48.0 Å². The molecule has 0 spiro atoms. The van der Waals surface area contributed by atoms with Crippen LogP contribution in [0.15, 0.2) is 48.5 Å². The predicted octanol–water partition coefficient (Wildman–Crippen LogP) is 2.61. The maximum absolute atomic E-state index is 11.8. The highest BCUT2D eigenvalue weighted by atomic mass is 35.5. The minimum Gasteiger partial charge on any atom is -0.481 e. The Balaban J connectivity index is 2.00. The monoisotopic (exact) mass is 405 g/mol. The van der Waals surface area contributed by atoms with Gasteiger partial charge < -0.3 is 20.3 Å². The van der Waals surface area contributed by atoms with Crippen molar-refractivity contribution in [3.63, 3.8) is 0 Å². The summed E-state index contributed by atoms with van der Waals surface area (Å²) in [6.07, 6.45) is 0.0491. The van der Waals surface area contributed by atoms with Crippen molar-refractivity contribution in [1.29, 1.82) is 0 Å². The molecule has 7 nitrogen and oxygen atoms in total. The maximum atomic E-state index is 11.8. The molecule has 2 aromatic carbocycles. The van der Waals surface area contributed by atoms with Gasteiger partial charge in [0.2, 0.25) is 5.91 Å². The van der Waals surface area contributed by atoms with Gasteiger partial charge in [-0.3, -0.25) is 9.59 Å². The fourth-order valence-corrected chi connectivity index (χ4v) is 2.86. The summed E-state index contributed by atoms with van der Waals surface area (Å²) >= 11 is 6.01. The quantitative estimate of drug-likeness (QED) is 0.560. The molecule has 2 aromatic rings. The van der Waals surface area contributed by atoms with E-state index in [1.54, 1.807) is 6.07 Å². The van der Waals surface area contributed by atoms with Gasteiger partial charge in [-0.15, -0.1) is 0 Å². The standard InChI is InChI=1S/C20H20ClNO6/c21-16-3-1-2-15(9-16)14-6-4-13(5-7-14)8-17(10-19(24)25)22-18(23)11-28-12-20(26)27/h1-7,9,17H,8,10-12H2,(H,22,23)(H,24,25)(H,26,27)/t17-/m1/s1. The number of carbonyl (C=O) groups excluding carboxylic acids is 1. The second kappa shape index (κ2) is 10.4. The highest BCUT2D eigenvalue weighted by Crippen LogP contribution is 2.23. The third kappa shape index (κ3) is 7.38. The summed E-state index contributed by atoms with van der Waals surface area (Å²) in [6, 6.07) is 14.3. The first-order valence-corrected chi connectivity index (χ1v) is 8.87. The van der Waals surface area contributed by atoms with Crippen LogP contribution < -0.4 is 5.32 Å². The molecule has 0 heterocycles. The van der Waals surface area contributed by atoms with Crippen molar-refractivity contribution >= 4 is 29.4 Å². The number of benzene rings is 2. The number of nitrogens with one attached hydrogen (secondary N) is 1. The smallest absolute Gasteiger partial charge is 0.329 e. The summed E-state index contributed by atoms with van der Waals surface area (Å²) in [5.41, 5.74) is 2.78. The molecule has 0 bridgehead atoms. The predicted molar refractivity (Wildman–Crippen MR) is 103 cm³/mol. The van der Waals surface area contributed by atoms with Crippen LogP contribution in [-0.2, 0) is 25.5 Å². The molecule has 0 aliphatic carbocycles. The van der Waals surface area contributed by atoms with E-state index in [1.807, 2.05) is 42.5 Å². The number of hydrogen-bond donors (Lipinski definition) is 3. The van der Waals surface area contributed by atoms with E-state index >= 15 is 0 Å². The van der Waals surface area contributed by atoms with Crippen molar-refractivity contribution < 1.29 is 29.3 Å². The van der Waals surface area contributed by atoms with Crippen LogP contribution in [0.5, 0.6) is 0 Å². The first-order chi connectivity index (χ1) is 13.3. The van der Waals surface area contributed by atoms with Gasteiger partial charge in [0.05, 0.1) is 6.42 Å². The van der Waals surface area contributed by atoms with Gasteiger partial charge in [0, 0.05) is 11.1 Å². The van der Waals surface area contributed by atoms with Crippen molar-refractivity contribution in [1.82, 2.24) is 5.32 Å². The van der Waals surface area contributed by atoms with Crippen molar-refractivity contribution in [3.8, 4) is 11.1 Å². The van der Waals surface area contributed by atoms with Gasteiger partial charge in [-0.05, 0) is 35.2 Å². The lowest BCUT2D eigenvalue weighted by molar-refractivity contribution is -0.143. The minimum absolute atomic E-state index is 0.263. The van der Waals surface area contributed by atoms with Crippen molar-refractivity contribution in [3.05, 3.63) is 59.1 Å². The third-order valence-electron chi connectivity index (χ3n) is 3.84. The molecule has 3 N–H and O–H groups in total. The molecule has 28 heavy (non-hydrogen) atoms. The summed E-state index contributed by atoms with van der Waals surface area (Å²) in [5.74, 6) is -2.80. The molecule has 2 rings (SSSR count). The molecule has 0 fully saturated rings. The molecule has 0 aliphatic heterocycles. The second-order valence-electron chi connectivity index (χ2n) is 6.16. The first-order valence-electron chi connectivity index (χ1n) is 8.49. The lowest BCUT2D eigenvalue weighted by Crippen LogP contribution is -2.40. The maximum Gasteiger partial charge on any atom is 0.329 e. The number of hydrogen-bond acceptors (Lipinski definition) is 4. The lowest BCUT2D eigenvalue weighted by Gasteiger charge is -2.17. The van der Waals surface area contributed by atoms with E-state index in [1.165, 1.54) is 0 Å². The van der Waals surface area contributed by atoms with Gasteiger partial charge in [0.25, 0.3) is 0 Å². The first kappa shape index (κ1) is 21.4. The summed E-state index contributed by atoms with van der Waals surface area (Å²) < 4.78 is 4.72. The van der Waals surface area contributed by atoms with Crippen LogP contribution in [-0.4, -0.2) is 47.3 Å². The normalized spacial score (nSPS) is 11.6. The molecule has 8 heteroatoms. The summed E-state index contributed by atoms with van der Waals surface area (Å²) in [7, 11) is 0. The highest BCUT2D eigenvalue weighted by molar-refractivity contribution is 6.30. The number of carboxylic acids is 2.